The maximum absolute atomic E-state index is 6.45. The van der Waals surface area contributed by atoms with Gasteiger partial charge in [-0.2, -0.15) is 0 Å². The van der Waals surface area contributed by atoms with Gasteiger partial charge in [0.15, 0.2) is 0 Å². The Bertz CT molecular complexity index is 945. The quantitative estimate of drug-likeness (QED) is 0.378. The van der Waals surface area contributed by atoms with Crippen LogP contribution in [-0.2, 0) is 23.6 Å². The zero-order chi connectivity index (χ0) is 19.4. The van der Waals surface area contributed by atoms with Crippen molar-refractivity contribution in [1.29, 1.82) is 0 Å². The number of rotatable bonds is 5. The molecule has 0 spiro atoms. The molecule has 2 aromatic carbocycles. The Morgan fingerprint density at radius 1 is 0.962 bits per heavy atom. The third-order valence-electron chi connectivity index (χ3n) is 3.91. The van der Waals surface area contributed by atoms with Crippen molar-refractivity contribution in [2.24, 2.45) is 0 Å². The molecule has 3 rings (SSSR count). The third kappa shape index (κ3) is 4.63. The highest BCUT2D eigenvalue weighted by Crippen LogP contribution is 2.84. The van der Waals surface area contributed by atoms with E-state index in [1.54, 1.807) is 0 Å². The van der Waals surface area contributed by atoms with E-state index in [2.05, 4.69) is 91.6 Å². The van der Waals surface area contributed by atoms with E-state index in [4.69, 9.17) is 23.6 Å². The summed E-state index contributed by atoms with van der Waals surface area (Å²) in [7, 11) is -0.510. The SMILES string of the molecule is C[Si](C)(C)CNP1(=S)SP(=S)(S[Si](C)(C)C)c2cccc3cccc1c23. The first-order chi connectivity index (χ1) is 11.8. The maximum atomic E-state index is 6.45. The molecule has 1 nitrogen and oxygen atoms in total. The lowest BCUT2D eigenvalue weighted by molar-refractivity contribution is 1.16. The fourth-order valence-electron chi connectivity index (χ4n) is 2.90. The van der Waals surface area contributed by atoms with E-state index in [1.165, 1.54) is 21.4 Å². The number of benzene rings is 2. The standard InChI is InChI=1S/C17H27NP2S4Si2/c1-25(2,3)13-18-19(21)15-11-7-9-14-10-8-12-16(17(14)15)20(22,23-19)24-26(4,5)6/h7-12H,13H2,1-6H3,(H,18,21). The molecule has 0 radical (unpaired) electrons. The molecule has 0 aliphatic carbocycles. The minimum absolute atomic E-state index is 1.06. The predicted molar refractivity (Wildman–Crippen MR) is 142 cm³/mol. The van der Waals surface area contributed by atoms with Gasteiger partial charge in [0.2, 0.25) is 0 Å². The average Bonchev–Trinajstić information content (AvgIpc) is 2.48. The fraction of sp³-hybridized carbons (Fsp3) is 0.412. The zero-order valence-corrected chi connectivity index (χ0v) is 23.3. The Kier molecular flexibility index (Phi) is 6.21. The third-order valence-corrected chi connectivity index (χ3v) is 37.2. The number of hydrogen-bond acceptors (Lipinski definition) is 4. The highest BCUT2D eigenvalue weighted by Gasteiger charge is 2.41. The van der Waals surface area contributed by atoms with E-state index >= 15 is 0 Å². The summed E-state index contributed by atoms with van der Waals surface area (Å²) in [5.41, 5.74) is 0. The van der Waals surface area contributed by atoms with E-state index < -0.39 is 25.1 Å². The summed E-state index contributed by atoms with van der Waals surface area (Å²) in [6, 6.07) is 13.3. The summed E-state index contributed by atoms with van der Waals surface area (Å²) in [6.45, 7) is 14.4. The highest BCUT2D eigenvalue weighted by molar-refractivity contribution is 9.20. The number of hydrogen-bond donors (Lipinski definition) is 1. The van der Waals surface area contributed by atoms with E-state index in [1.807, 2.05) is 11.0 Å². The maximum Gasteiger partial charge on any atom is 0.116 e. The molecule has 0 saturated heterocycles. The van der Waals surface area contributed by atoms with Crippen molar-refractivity contribution in [1.82, 2.24) is 5.09 Å². The molecule has 2 unspecified atom stereocenters. The van der Waals surface area contributed by atoms with Crippen LogP contribution in [0.2, 0.25) is 39.3 Å². The second-order valence-corrected chi connectivity index (χ2v) is 41.1. The van der Waals surface area contributed by atoms with Crippen LogP contribution in [0.1, 0.15) is 0 Å². The first kappa shape index (κ1) is 21.8. The van der Waals surface area contributed by atoms with Gasteiger partial charge in [-0.25, -0.2) is 0 Å². The molecule has 0 amide bonds. The molecule has 1 aliphatic rings. The first-order valence-electron chi connectivity index (χ1n) is 8.73. The van der Waals surface area contributed by atoms with Gasteiger partial charge in [0.1, 0.15) is 7.22 Å². The van der Waals surface area contributed by atoms with Crippen molar-refractivity contribution >= 4 is 92.0 Å². The molecule has 1 heterocycles. The molecule has 0 saturated carbocycles. The Morgan fingerprint density at radius 2 is 1.54 bits per heavy atom. The van der Waals surface area contributed by atoms with Crippen molar-refractivity contribution in [3.63, 3.8) is 0 Å². The van der Waals surface area contributed by atoms with Crippen molar-refractivity contribution in [2.75, 3.05) is 6.17 Å². The van der Waals surface area contributed by atoms with E-state index in [0.29, 0.717) is 0 Å². The van der Waals surface area contributed by atoms with Gasteiger partial charge in [0.25, 0.3) is 0 Å². The molecule has 2 atom stereocenters. The van der Waals surface area contributed by atoms with Crippen LogP contribution in [0, 0.1) is 0 Å². The molecule has 26 heavy (non-hydrogen) atoms. The van der Waals surface area contributed by atoms with Crippen molar-refractivity contribution in [3.05, 3.63) is 36.4 Å². The Morgan fingerprint density at radius 3 is 2.08 bits per heavy atom. The van der Waals surface area contributed by atoms with Gasteiger partial charge >= 0.3 is 0 Å². The molecule has 9 heteroatoms. The summed E-state index contributed by atoms with van der Waals surface area (Å²) in [4.78, 5) is 0. The minimum Gasteiger partial charge on any atom is -0.280 e. The average molecular weight is 492 g/mol. The van der Waals surface area contributed by atoms with Crippen LogP contribution in [0.4, 0.5) is 0 Å². The Balaban J connectivity index is 2.23. The van der Waals surface area contributed by atoms with Gasteiger partial charge in [-0.15, -0.1) is 10.8 Å². The summed E-state index contributed by atoms with van der Waals surface area (Å²) >= 11 is 14.8. The van der Waals surface area contributed by atoms with E-state index in [9.17, 15) is 0 Å². The van der Waals surface area contributed by atoms with Gasteiger partial charge in [-0.3, -0.25) is 5.09 Å². The highest BCUT2D eigenvalue weighted by atomic mass is 33.4. The second-order valence-electron chi connectivity index (χ2n) is 8.88. The normalized spacial score (nSPS) is 26.2. The zero-order valence-electron chi connectivity index (χ0n) is 16.2. The van der Waals surface area contributed by atoms with Gasteiger partial charge in [-0.05, 0) is 11.6 Å². The predicted octanol–water partition coefficient (Wildman–Crippen LogP) is 6.49. The Labute approximate surface area is 177 Å². The van der Waals surface area contributed by atoms with Crippen LogP contribution in [0.3, 0.4) is 0 Å². The van der Waals surface area contributed by atoms with Gasteiger partial charge in [0.05, 0.1) is 17.9 Å². The van der Waals surface area contributed by atoms with Crippen molar-refractivity contribution in [2.45, 2.75) is 39.3 Å². The topological polar surface area (TPSA) is 12.0 Å². The lowest BCUT2D eigenvalue weighted by Crippen LogP contribution is -2.37. The summed E-state index contributed by atoms with van der Waals surface area (Å²) < 4.78 is -1.82. The van der Waals surface area contributed by atoms with Crippen molar-refractivity contribution < 1.29 is 0 Å². The smallest absolute Gasteiger partial charge is 0.116 e. The van der Waals surface area contributed by atoms with Crippen LogP contribution < -0.4 is 15.7 Å². The van der Waals surface area contributed by atoms with Crippen LogP contribution in [0.5, 0.6) is 0 Å². The summed E-state index contributed by atoms with van der Waals surface area (Å²) in [5.74, 6) is 0. The minimum atomic E-state index is -1.94. The molecule has 2 aromatic rings. The largest absolute Gasteiger partial charge is 0.280 e. The number of nitrogens with one attached hydrogen (secondary N) is 1. The lowest BCUT2D eigenvalue weighted by Gasteiger charge is -2.39. The molecular weight excluding hydrogens is 465 g/mol. The van der Waals surface area contributed by atoms with Gasteiger partial charge in [0, 0.05) is 16.0 Å². The summed E-state index contributed by atoms with van der Waals surface area (Å²) in [5, 5.41) is 7.36. The van der Waals surface area contributed by atoms with Crippen LogP contribution in [0.25, 0.3) is 10.8 Å². The van der Waals surface area contributed by atoms with Crippen molar-refractivity contribution in [3.8, 4) is 0 Å². The molecule has 1 aliphatic heterocycles. The second kappa shape index (κ2) is 7.41. The van der Waals surface area contributed by atoms with Crippen LogP contribution >= 0.6 is 31.7 Å². The molecule has 142 valence electrons. The van der Waals surface area contributed by atoms with Crippen LogP contribution in [0.15, 0.2) is 36.4 Å². The first-order valence-corrected chi connectivity index (χ1v) is 25.7. The van der Waals surface area contributed by atoms with E-state index in [-0.39, 0.29) is 0 Å². The fourth-order valence-corrected chi connectivity index (χ4v) is 55.1. The summed E-state index contributed by atoms with van der Waals surface area (Å²) in [6.07, 6.45) is 1.06. The lowest BCUT2D eigenvalue weighted by atomic mass is 10.1. The van der Waals surface area contributed by atoms with Gasteiger partial charge in [-0.1, -0.05) is 110 Å². The van der Waals surface area contributed by atoms with E-state index in [0.717, 1.165) is 6.17 Å². The molecule has 0 bridgehead atoms. The van der Waals surface area contributed by atoms with Crippen LogP contribution in [-0.4, -0.2) is 21.5 Å². The molecule has 0 aromatic heterocycles. The molecular formula is C17H27NP2S4Si2. The molecule has 1 N–H and O–H groups in total. The Hall–Kier alpha value is 1.09. The monoisotopic (exact) mass is 491 g/mol. The van der Waals surface area contributed by atoms with Gasteiger partial charge < -0.3 is 0 Å². The molecule has 0 fully saturated rings.